The number of ketones is 1. The van der Waals surface area contributed by atoms with Crippen LogP contribution in [0.3, 0.4) is 0 Å². The molecule has 30 heavy (non-hydrogen) atoms. The van der Waals surface area contributed by atoms with Crippen molar-refractivity contribution in [3.8, 4) is 0 Å². The number of benzene rings is 2. The Morgan fingerprint density at radius 2 is 1.83 bits per heavy atom. The van der Waals surface area contributed by atoms with Gasteiger partial charge in [-0.1, -0.05) is 29.8 Å². The van der Waals surface area contributed by atoms with Crippen LogP contribution in [0.4, 0.5) is 18.3 Å². The summed E-state index contributed by atoms with van der Waals surface area (Å²) >= 11 is 1.61. The molecule has 0 saturated heterocycles. The lowest BCUT2D eigenvalue weighted by Crippen LogP contribution is -2.30. The fraction of sp³-hybridized carbons (Fsp3) is 0.217. The SMILES string of the molecule is CC1=C(c2ccc(CC(=O)c3c(F)cc(F)cc3F)cc2)CN(c2nccs2)CC1. The van der Waals surface area contributed by atoms with Crippen molar-refractivity contribution in [1.82, 2.24) is 4.98 Å². The van der Waals surface area contributed by atoms with Gasteiger partial charge in [0.2, 0.25) is 0 Å². The molecule has 2 heterocycles. The highest BCUT2D eigenvalue weighted by Crippen LogP contribution is 2.30. The number of hydrogen-bond acceptors (Lipinski definition) is 4. The first-order valence-corrected chi connectivity index (χ1v) is 10.4. The van der Waals surface area contributed by atoms with E-state index < -0.39 is 28.8 Å². The van der Waals surface area contributed by atoms with E-state index in [1.165, 1.54) is 11.1 Å². The van der Waals surface area contributed by atoms with Gasteiger partial charge in [-0.25, -0.2) is 18.2 Å². The van der Waals surface area contributed by atoms with Gasteiger partial charge >= 0.3 is 0 Å². The highest BCUT2D eigenvalue weighted by molar-refractivity contribution is 7.13. The summed E-state index contributed by atoms with van der Waals surface area (Å²) in [5.74, 6) is -4.13. The summed E-state index contributed by atoms with van der Waals surface area (Å²) in [4.78, 5) is 19.0. The van der Waals surface area contributed by atoms with Gasteiger partial charge in [0.25, 0.3) is 0 Å². The first kappa shape index (κ1) is 20.3. The van der Waals surface area contributed by atoms with E-state index in [9.17, 15) is 18.0 Å². The summed E-state index contributed by atoms with van der Waals surface area (Å²) in [6.45, 7) is 3.79. The zero-order valence-electron chi connectivity index (χ0n) is 16.3. The van der Waals surface area contributed by atoms with Crippen LogP contribution in [-0.2, 0) is 6.42 Å². The largest absolute Gasteiger partial charge is 0.343 e. The van der Waals surface area contributed by atoms with Crippen LogP contribution < -0.4 is 4.90 Å². The standard InChI is InChI=1S/C23H19F3N2OS/c1-14-6-8-28(23-27-7-9-30-23)13-18(14)16-4-2-15(3-5-16)10-21(29)22-19(25)11-17(24)12-20(22)26/h2-5,7,9,11-12H,6,8,10,13H2,1H3. The van der Waals surface area contributed by atoms with Gasteiger partial charge in [-0.2, -0.15) is 0 Å². The Morgan fingerprint density at radius 1 is 1.13 bits per heavy atom. The van der Waals surface area contributed by atoms with Gasteiger partial charge in [-0.05, 0) is 30.0 Å². The number of thiazole rings is 1. The van der Waals surface area contributed by atoms with Gasteiger partial charge < -0.3 is 4.90 Å². The number of carbonyl (C=O) groups is 1. The zero-order valence-corrected chi connectivity index (χ0v) is 17.1. The number of carbonyl (C=O) groups excluding carboxylic acids is 1. The second-order valence-electron chi connectivity index (χ2n) is 7.29. The maximum Gasteiger partial charge on any atom is 0.185 e. The lowest BCUT2D eigenvalue weighted by Gasteiger charge is -2.30. The number of Topliss-reactive ketones (excluding diaryl/α,β-unsaturated/α-hetero) is 1. The quantitative estimate of drug-likeness (QED) is 0.491. The Labute approximate surface area is 176 Å². The smallest absolute Gasteiger partial charge is 0.185 e. The van der Waals surface area contributed by atoms with Crippen LogP contribution in [0.5, 0.6) is 0 Å². The van der Waals surface area contributed by atoms with Gasteiger partial charge in [0.15, 0.2) is 10.9 Å². The molecule has 4 rings (SSSR count). The Bertz CT molecular complexity index is 1080. The molecule has 0 bridgehead atoms. The van der Waals surface area contributed by atoms with E-state index in [0.717, 1.165) is 30.2 Å². The lowest BCUT2D eigenvalue weighted by molar-refractivity contribution is 0.0984. The second kappa shape index (κ2) is 8.44. The molecule has 3 nitrogen and oxygen atoms in total. The number of nitrogens with zero attached hydrogens (tertiary/aromatic N) is 2. The molecule has 2 aromatic carbocycles. The highest BCUT2D eigenvalue weighted by atomic mass is 32.1. The minimum atomic E-state index is -1.18. The number of rotatable bonds is 5. The molecule has 0 aliphatic carbocycles. The van der Waals surface area contributed by atoms with E-state index in [2.05, 4.69) is 16.8 Å². The summed E-state index contributed by atoms with van der Waals surface area (Å²) in [6, 6.07) is 8.45. The molecule has 1 aliphatic heterocycles. The van der Waals surface area contributed by atoms with E-state index >= 15 is 0 Å². The molecule has 1 aliphatic rings. The maximum atomic E-state index is 13.9. The number of halogens is 3. The monoisotopic (exact) mass is 428 g/mol. The van der Waals surface area contributed by atoms with Crippen molar-refractivity contribution in [2.45, 2.75) is 19.8 Å². The molecular weight excluding hydrogens is 409 g/mol. The summed E-state index contributed by atoms with van der Waals surface area (Å²) in [6.07, 6.45) is 2.57. The normalized spacial score (nSPS) is 14.3. The van der Waals surface area contributed by atoms with Crippen LogP contribution in [0.1, 0.15) is 34.8 Å². The van der Waals surface area contributed by atoms with Gasteiger partial charge in [-0.15, -0.1) is 11.3 Å². The summed E-state index contributed by atoms with van der Waals surface area (Å²) in [5.41, 5.74) is 3.50. The number of aromatic nitrogens is 1. The first-order valence-electron chi connectivity index (χ1n) is 9.52. The molecule has 0 spiro atoms. The summed E-state index contributed by atoms with van der Waals surface area (Å²) in [7, 11) is 0. The van der Waals surface area contributed by atoms with Crippen LogP contribution in [0.25, 0.3) is 5.57 Å². The molecule has 0 radical (unpaired) electrons. The van der Waals surface area contributed by atoms with Gasteiger partial charge in [-0.3, -0.25) is 4.79 Å². The molecule has 154 valence electrons. The molecule has 0 unspecified atom stereocenters. The minimum Gasteiger partial charge on any atom is -0.343 e. The van der Waals surface area contributed by atoms with E-state index in [-0.39, 0.29) is 6.42 Å². The predicted octanol–water partition coefficient (Wildman–Crippen LogP) is 5.67. The Kier molecular flexibility index (Phi) is 5.72. The van der Waals surface area contributed by atoms with Crippen molar-refractivity contribution in [1.29, 1.82) is 0 Å². The highest BCUT2D eigenvalue weighted by Gasteiger charge is 2.21. The lowest BCUT2D eigenvalue weighted by atomic mass is 9.93. The van der Waals surface area contributed by atoms with E-state index in [1.54, 1.807) is 29.7 Å². The molecule has 0 atom stereocenters. The molecule has 0 fully saturated rings. The number of hydrogen-bond donors (Lipinski definition) is 0. The predicted molar refractivity (Wildman–Crippen MR) is 112 cm³/mol. The van der Waals surface area contributed by atoms with Crippen LogP contribution >= 0.6 is 11.3 Å². The fourth-order valence-corrected chi connectivity index (χ4v) is 4.31. The third-order valence-electron chi connectivity index (χ3n) is 5.26. The Hall–Kier alpha value is -2.93. The average Bonchev–Trinajstić information content (AvgIpc) is 3.23. The number of anilines is 1. The summed E-state index contributed by atoms with van der Waals surface area (Å²) in [5, 5.41) is 2.95. The molecule has 1 aromatic heterocycles. The molecule has 3 aromatic rings. The van der Waals surface area contributed by atoms with Crippen LogP contribution in [-0.4, -0.2) is 23.9 Å². The Balaban J connectivity index is 1.51. The average molecular weight is 428 g/mol. The zero-order chi connectivity index (χ0) is 21.3. The topological polar surface area (TPSA) is 33.2 Å². The van der Waals surface area contributed by atoms with Crippen molar-refractivity contribution < 1.29 is 18.0 Å². The van der Waals surface area contributed by atoms with Gasteiger partial charge in [0, 0.05) is 43.2 Å². The van der Waals surface area contributed by atoms with E-state index in [0.29, 0.717) is 17.7 Å². The third kappa shape index (κ3) is 4.16. The van der Waals surface area contributed by atoms with Crippen LogP contribution in [0, 0.1) is 17.5 Å². The molecule has 0 saturated carbocycles. The van der Waals surface area contributed by atoms with Crippen molar-refractivity contribution >= 4 is 27.8 Å². The summed E-state index contributed by atoms with van der Waals surface area (Å²) < 4.78 is 40.8. The molecule has 0 N–H and O–H groups in total. The van der Waals surface area contributed by atoms with Crippen LogP contribution in [0.15, 0.2) is 53.5 Å². The molecule has 0 amide bonds. The van der Waals surface area contributed by atoms with Crippen LogP contribution in [0.2, 0.25) is 0 Å². The van der Waals surface area contributed by atoms with Crippen molar-refractivity contribution in [3.05, 3.63) is 87.7 Å². The molecular formula is C23H19F3N2OS. The first-order chi connectivity index (χ1) is 14.4. The van der Waals surface area contributed by atoms with Gasteiger partial charge in [0.05, 0.1) is 5.56 Å². The van der Waals surface area contributed by atoms with Crippen molar-refractivity contribution in [3.63, 3.8) is 0 Å². The minimum absolute atomic E-state index is 0.164. The van der Waals surface area contributed by atoms with Crippen molar-refractivity contribution in [2.24, 2.45) is 0 Å². The maximum absolute atomic E-state index is 13.9. The molecule has 7 heteroatoms. The van der Waals surface area contributed by atoms with E-state index in [1.807, 2.05) is 17.5 Å². The van der Waals surface area contributed by atoms with E-state index in [4.69, 9.17) is 0 Å². The third-order valence-corrected chi connectivity index (χ3v) is 6.10. The fourth-order valence-electron chi connectivity index (χ4n) is 3.64. The Morgan fingerprint density at radius 3 is 2.47 bits per heavy atom. The van der Waals surface area contributed by atoms with Gasteiger partial charge in [0.1, 0.15) is 17.5 Å². The second-order valence-corrected chi connectivity index (χ2v) is 8.16. The van der Waals surface area contributed by atoms with Crippen molar-refractivity contribution in [2.75, 3.05) is 18.0 Å².